The first-order chi connectivity index (χ1) is 14.1. The number of hydrogen-bond donors (Lipinski definition) is 0. The highest BCUT2D eigenvalue weighted by molar-refractivity contribution is 8.00. The number of fused-ring (bicyclic) bond motifs is 8. The van der Waals surface area contributed by atoms with Gasteiger partial charge < -0.3 is 0 Å². The van der Waals surface area contributed by atoms with Crippen molar-refractivity contribution in [3.05, 3.63) is 108 Å². The molecule has 0 saturated heterocycles. The van der Waals surface area contributed by atoms with Crippen molar-refractivity contribution >= 4 is 40.6 Å². The van der Waals surface area contributed by atoms with Crippen molar-refractivity contribution in [1.29, 1.82) is 0 Å². The second-order valence-electron chi connectivity index (χ2n) is 8.56. The normalized spacial score (nSPS) is 17.0. The number of benzene rings is 4. The van der Waals surface area contributed by atoms with Crippen molar-refractivity contribution in [1.82, 2.24) is 0 Å². The number of rotatable bonds is 0. The van der Waals surface area contributed by atoms with Crippen LogP contribution in [0.1, 0.15) is 25.0 Å². The Balaban J connectivity index is 1.88. The summed E-state index contributed by atoms with van der Waals surface area (Å²) in [5, 5.41) is 6.20. The lowest BCUT2D eigenvalue weighted by Crippen LogP contribution is -2.80. The second kappa shape index (κ2) is 5.98. The lowest BCUT2D eigenvalue weighted by molar-refractivity contribution is 0.645. The predicted molar refractivity (Wildman–Crippen MR) is 126 cm³/mol. The Morgan fingerprint density at radius 1 is 0.517 bits per heavy atom. The van der Waals surface area contributed by atoms with E-state index in [-0.39, 0.29) is 5.41 Å². The molecular formula is C27H22SSi. The molecule has 0 saturated carbocycles. The zero-order chi connectivity index (χ0) is 19.6. The third kappa shape index (κ3) is 2.11. The molecule has 1 spiro atoms. The van der Waals surface area contributed by atoms with Crippen molar-refractivity contribution in [2.45, 2.75) is 29.1 Å². The molecule has 4 aromatic rings. The molecular weight excluding hydrogens is 384 g/mol. The lowest BCUT2D eigenvalue weighted by atomic mass is 9.77. The van der Waals surface area contributed by atoms with Crippen LogP contribution in [0.25, 0.3) is 0 Å². The monoisotopic (exact) mass is 406 g/mol. The Labute approximate surface area is 177 Å². The molecule has 140 valence electrons. The lowest BCUT2D eigenvalue weighted by Gasteiger charge is -2.48. The maximum Gasteiger partial charge on any atom is 0.182 e. The first-order valence-corrected chi connectivity index (χ1v) is 13.0. The Morgan fingerprint density at radius 2 is 0.897 bits per heavy atom. The van der Waals surface area contributed by atoms with E-state index in [1.54, 1.807) is 20.7 Å². The van der Waals surface area contributed by atoms with E-state index in [9.17, 15) is 0 Å². The van der Waals surface area contributed by atoms with Crippen LogP contribution < -0.4 is 20.7 Å². The molecule has 0 radical (unpaired) electrons. The highest BCUT2D eigenvalue weighted by Gasteiger charge is 2.53. The fourth-order valence-corrected chi connectivity index (χ4v) is 13.3. The fraction of sp³-hybridized carbons (Fsp3) is 0.111. The molecule has 0 fully saturated rings. The Kier molecular flexibility index (Phi) is 3.57. The van der Waals surface area contributed by atoms with Gasteiger partial charge >= 0.3 is 0 Å². The molecule has 0 nitrogen and oxygen atoms in total. The zero-order valence-electron chi connectivity index (χ0n) is 16.6. The first kappa shape index (κ1) is 17.3. The van der Waals surface area contributed by atoms with Crippen LogP contribution in [0, 0.1) is 0 Å². The van der Waals surface area contributed by atoms with E-state index in [4.69, 9.17) is 0 Å². The summed E-state index contributed by atoms with van der Waals surface area (Å²) in [5.41, 5.74) is 2.98. The zero-order valence-corrected chi connectivity index (χ0v) is 18.5. The molecule has 0 bridgehead atoms. The van der Waals surface area contributed by atoms with E-state index >= 15 is 0 Å². The van der Waals surface area contributed by atoms with Crippen LogP contribution >= 0.6 is 11.8 Å². The van der Waals surface area contributed by atoms with Gasteiger partial charge in [0, 0.05) is 15.2 Å². The highest BCUT2D eigenvalue weighted by Crippen LogP contribution is 2.39. The standard InChI is InChI=1S/C27H22SSi/c1-27(2)19-11-3-7-15-23(19)29(24-16-8-4-12-20(24)27)25-17-9-5-13-21(25)28-22-14-6-10-18-26(22)29/h3-18H,1-2H3. The van der Waals surface area contributed by atoms with Gasteiger partial charge in [-0.15, -0.1) is 0 Å². The average molecular weight is 407 g/mol. The van der Waals surface area contributed by atoms with Gasteiger partial charge in [0.05, 0.1) is 0 Å². The first-order valence-electron chi connectivity index (χ1n) is 10.2. The van der Waals surface area contributed by atoms with Gasteiger partial charge in [0.2, 0.25) is 0 Å². The van der Waals surface area contributed by atoms with Gasteiger partial charge in [-0.05, 0) is 44.0 Å². The number of hydrogen-bond acceptors (Lipinski definition) is 1. The van der Waals surface area contributed by atoms with Crippen molar-refractivity contribution in [2.24, 2.45) is 0 Å². The van der Waals surface area contributed by atoms with Crippen LogP contribution in [-0.4, -0.2) is 8.07 Å². The summed E-state index contributed by atoms with van der Waals surface area (Å²) in [5.74, 6) is 0. The summed E-state index contributed by atoms with van der Waals surface area (Å²) in [6.07, 6.45) is 0. The van der Waals surface area contributed by atoms with Gasteiger partial charge in [-0.2, -0.15) is 0 Å². The third-order valence-corrected chi connectivity index (χ3v) is 13.3. The van der Waals surface area contributed by atoms with Gasteiger partial charge in [0.25, 0.3) is 0 Å². The van der Waals surface area contributed by atoms with Crippen LogP contribution in [-0.2, 0) is 5.41 Å². The van der Waals surface area contributed by atoms with Crippen LogP contribution in [0.4, 0.5) is 0 Å². The van der Waals surface area contributed by atoms with Crippen LogP contribution in [0.5, 0.6) is 0 Å². The van der Waals surface area contributed by atoms with Crippen molar-refractivity contribution in [3.63, 3.8) is 0 Å². The SMILES string of the molecule is CC1(C)c2ccccc2[Si]2(c3ccccc3Sc3ccccc32)c2ccccc21. The van der Waals surface area contributed by atoms with E-state index in [0.717, 1.165) is 0 Å². The van der Waals surface area contributed by atoms with Gasteiger partial charge in [0.1, 0.15) is 0 Å². The predicted octanol–water partition coefficient (Wildman–Crippen LogP) is 4.17. The Hall–Kier alpha value is -2.55. The quantitative estimate of drug-likeness (QED) is 0.348. The molecule has 2 heteroatoms. The minimum atomic E-state index is -2.36. The molecule has 0 amide bonds. The van der Waals surface area contributed by atoms with Gasteiger partial charge in [-0.3, -0.25) is 0 Å². The largest absolute Gasteiger partial charge is 0.182 e. The topological polar surface area (TPSA) is 0 Å². The Morgan fingerprint density at radius 3 is 1.38 bits per heavy atom. The van der Waals surface area contributed by atoms with Gasteiger partial charge in [0.15, 0.2) is 8.07 Å². The average Bonchev–Trinajstić information content (AvgIpc) is 2.77. The van der Waals surface area contributed by atoms with Crippen LogP contribution in [0.3, 0.4) is 0 Å². The maximum absolute atomic E-state index is 2.42. The third-order valence-electron chi connectivity index (χ3n) is 6.81. The molecule has 0 aliphatic carbocycles. The molecule has 0 unspecified atom stereocenters. The fourth-order valence-electron chi connectivity index (χ4n) is 5.58. The summed E-state index contributed by atoms with van der Waals surface area (Å²) in [6, 6.07) is 36.7. The minimum Gasteiger partial charge on any atom is -0.0903 e. The minimum absolute atomic E-state index is 0.0000853. The van der Waals surface area contributed by atoms with Gasteiger partial charge in [-0.25, -0.2) is 0 Å². The van der Waals surface area contributed by atoms with Crippen molar-refractivity contribution < 1.29 is 0 Å². The second-order valence-corrected chi connectivity index (χ2v) is 13.3. The molecule has 0 N–H and O–H groups in total. The van der Waals surface area contributed by atoms with E-state index in [0.29, 0.717) is 0 Å². The Bertz CT molecular complexity index is 1170. The van der Waals surface area contributed by atoms with Crippen LogP contribution in [0.15, 0.2) is 107 Å². The summed E-state index contributed by atoms with van der Waals surface area (Å²) in [6.45, 7) is 4.78. The van der Waals surface area contributed by atoms with E-state index in [1.807, 2.05) is 11.8 Å². The van der Waals surface area contributed by atoms with Crippen molar-refractivity contribution in [2.75, 3.05) is 0 Å². The summed E-state index contributed by atoms with van der Waals surface area (Å²) in [4.78, 5) is 2.84. The van der Waals surface area contributed by atoms with E-state index in [2.05, 4.69) is 111 Å². The van der Waals surface area contributed by atoms with E-state index in [1.165, 1.54) is 20.9 Å². The van der Waals surface area contributed by atoms with Crippen LogP contribution in [0.2, 0.25) is 0 Å². The molecule has 2 heterocycles. The molecule has 6 rings (SSSR count). The summed E-state index contributed by atoms with van der Waals surface area (Å²) >= 11 is 1.93. The molecule has 29 heavy (non-hydrogen) atoms. The molecule has 0 aromatic heterocycles. The molecule has 2 aliphatic heterocycles. The van der Waals surface area contributed by atoms with E-state index < -0.39 is 8.07 Å². The highest BCUT2D eigenvalue weighted by atomic mass is 32.2. The maximum atomic E-state index is 2.42. The van der Waals surface area contributed by atoms with Gasteiger partial charge in [-0.1, -0.05) is 111 Å². The summed E-state index contributed by atoms with van der Waals surface area (Å²) < 4.78 is 0. The molecule has 4 aromatic carbocycles. The smallest absolute Gasteiger partial charge is 0.0903 e. The summed E-state index contributed by atoms with van der Waals surface area (Å²) in [7, 11) is -2.36. The molecule has 0 atom stereocenters. The molecule has 2 aliphatic rings. The van der Waals surface area contributed by atoms with Crippen molar-refractivity contribution in [3.8, 4) is 0 Å².